The molecule has 1 aromatic heterocycles. The van der Waals surface area contributed by atoms with Crippen LogP contribution < -0.4 is 5.32 Å². The lowest BCUT2D eigenvalue weighted by molar-refractivity contribution is 0.112. The van der Waals surface area contributed by atoms with Crippen molar-refractivity contribution in [3.8, 4) is 0 Å². The number of methoxy groups -OCH3 is 1. The van der Waals surface area contributed by atoms with Crippen LogP contribution in [0.2, 0.25) is 0 Å². The smallest absolute Gasteiger partial charge is 0.157 e. The van der Waals surface area contributed by atoms with Crippen LogP contribution in [0.5, 0.6) is 0 Å². The van der Waals surface area contributed by atoms with E-state index in [0.29, 0.717) is 5.92 Å². The molecule has 17 heavy (non-hydrogen) atoms. The van der Waals surface area contributed by atoms with Gasteiger partial charge in [-0.25, -0.2) is 9.97 Å². The topological polar surface area (TPSA) is 47.0 Å². The molecule has 0 aliphatic rings. The molecule has 0 aliphatic carbocycles. The molecule has 4 heteroatoms. The number of aromatic nitrogens is 2. The summed E-state index contributed by atoms with van der Waals surface area (Å²) in [5.41, 5.74) is 2.17. The Balaban J connectivity index is 2.63. The third-order valence-corrected chi connectivity index (χ3v) is 2.68. The van der Waals surface area contributed by atoms with Crippen LogP contribution in [-0.2, 0) is 11.3 Å². The summed E-state index contributed by atoms with van der Waals surface area (Å²) in [7, 11) is 1.67. The molecule has 0 radical (unpaired) electrons. The SMILES string of the molecule is COC(C)c1ncc(CNCC(C)C)c(C)n1. The zero-order chi connectivity index (χ0) is 12.8. The van der Waals surface area contributed by atoms with Crippen LogP contribution in [0.3, 0.4) is 0 Å². The molecule has 1 aromatic rings. The molecule has 0 spiro atoms. The fraction of sp³-hybridized carbons (Fsp3) is 0.692. The van der Waals surface area contributed by atoms with E-state index in [1.807, 2.05) is 20.0 Å². The fourth-order valence-electron chi connectivity index (χ4n) is 1.48. The minimum absolute atomic E-state index is 0.0497. The van der Waals surface area contributed by atoms with Crippen LogP contribution in [0.4, 0.5) is 0 Å². The summed E-state index contributed by atoms with van der Waals surface area (Å²) >= 11 is 0. The highest BCUT2D eigenvalue weighted by atomic mass is 16.5. The summed E-state index contributed by atoms with van der Waals surface area (Å²) in [4.78, 5) is 8.80. The van der Waals surface area contributed by atoms with Gasteiger partial charge in [-0.1, -0.05) is 13.8 Å². The molecule has 1 atom stereocenters. The molecular weight excluding hydrogens is 214 g/mol. The van der Waals surface area contributed by atoms with E-state index in [4.69, 9.17) is 4.74 Å². The van der Waals surface area contributed by atoms with Gasteiger partial charge in [-0.05, 0) is 26.3 Å². The van der Waals surface area contributed by atoms with Gasteiger partial charge in [0.2, 0.25) is 0 Å². The Bertz CT molecular complexity index is 353. The van der Waals surface area contributed by atoms with Crippen molar-refractivity contribution in [3.63, 3.8) is 0 Å². The van der Waals surface area contributed by atoms with Gasteiger partial charge < -0.3 is 10.1 Å². The Labute approximate surface area is 104 Å². The van der Waals surface area contributed by atoms with Crippen molar-refractivity contribution in [1.82, 2.24) is 15.3 Å². The first kappa shape index (κ1) is 14.1. The molecule has 4 nitrogen and oxygen atoms in total. The molecule has 0 saturated carbocycles. The van der Waals surface area contributed by atoms with Gasteiger partial charge in [-0.3, -0.25) is 0 Å². The Kier molecular flexibility index (Phi) is 5.51. The van der Waals surface area contributed by atoms with Crippen molar-refractivity contribution in [2.24, 2.45) is 5.92 Å². The molecule has 1 unspecified atom stereocenters. The Morgan fingerprint density at radius 1 is 1.35 bits per heavy atom. The highest BCUT2D eigenvalue weighted by Crippen LogP contribution is 2.12. The van der Waals surface area contributed by atoms with Crippen molar-refractivity contribution >= 4 is 0 Å². The molecular formula is C13H23N3O. The van der Waals surface area contributed by atoms with Gasteiger partial charge >= 0.3 is 0 Å². The van der Waals surface area contributed by atoms with Gasteiger partial charge in [0.05, 0.1) is 0 Å². The van der Waals surface area contributed by atoms with Crippen LogP contribution in [0.1, 0.15) is 44.0 Å². The van der Waals surface area contributed by atoms with E-state index >= 15 is 0 Å². The highest BCUT2D eigenvalue weighted by molar-refractivity contribution is 5.16. The van der Waals surface area contributed by atoms with E-state index in [1.165, 1.54) is 0 Å². The van der Waals surface area contributed by atoms with E-state index in [9.17, 15) is 0 Å². The summed E-state index contributed by atoms with van der Waals surface area (Å²) < 4.78 is 5.20. The zero-order valence-electron chi connectivity index (χ0n) is 11.4. The predicted molar refractivity (Wildman–Crippen MR) is 68.7 cm³/mol. The van der Waals surface area contributed by atoms with E-state index in [1.54, 1.807) is 7.11 Å². The number of ether oxygens (including phenoxy) is 1. The van der Waals surface area contributed by atoms with E-state index in [0.717, 1.165) is 30.2 Å². The summed E-state index contributed by atoms with van der Waals surface area (Å²) in [5.74, 6) is 1.40. The standard InChI is InChI=1S/C13H23N3O/c1-9(2)6-14-7-12-8-15-13(11(4)17-5)16-10(12)3/h8-9,11,14H,6-7H2,1-5H3. The quantitative estimate of drug-likeness (QED) is 0.824. The van der Waals surface area contributed by atoms with E-state index in [2.05, 4.69) is 29.1 Å². The summed E-state index contributed by atoms with van der Waals surface area (Å²) in [6, 6.07) is 0. The normalized spacial score (nSPS) is 13.1. The highest BCUT2D eigenvalue weighted by Gasteiger charge is 2.09. The third-order valence-electron chi connectivity index (χ3n) is 2.68. The minimum Gasteiger partial charge on any atom is -0.374 e. The molecule has 96 valence electrons. The van der Waals surface area contributed by atoms with E-state index < -0.39 is 0 Å². The number of hydrogen-bond acceptors (Lipinski definition) is 4. The average Bonchev–Trinajstić information content (AvgIpc) is 2.29. The van der Waals surface area contributed by atoms with Gasteiger partial charge in [0.1, 0.15) is 6.10 Å². The summed E-state index contributed by atoms with van der Waals surface area (Å²) in [5, 5.41) is 3.39. The van der Waals surface area contributed by atoms with Crippen LogP contribution >= 0.6 is 0 Å². The molecule has 0 amide bonds. The Hall–Kier alpha value is -1.00. The lowest BCUT2D eigenvalue weighted by Crippen LogP contribution is -2.20. The molecule has 1 N–H and O–H groups in total. The molecule has 1 heterocycles. The lowest BCUT2D eigenvalue weighted by atomic mass is 10.2. The number of nitrogens with zero attached hydrogens (tertiary/aromatic N) is 2. The maximum absolute atomic E-state index is 5.20. The van der Waals surface area contributed by atoms with Crippen molar-refractivity contribution in [1.29, 1.82) is 0 Å². The molecule has 0 aromatic carbocycles. The van der Waals surface area contributed by atoms with Crippen LogP contribution in [-0.4, -0.2) is 23.6 Å². The predicted octanol–water partition coefficient (Wildman–Crippen LogP) is 2.24. The van der Waals surface area contributed by atoms with Crippen molar-refractivity contribution < 1.29 is 4.74 Å². The number of rotatable bonds is 6. The molecule has 0 aliphatic heterocycles. The lowest BCUT2D eigenvalue weighted by Gasteiger charge is -2.12. The maximum Gasteiger partial charge on any atom is 0.157 e. The first-order chi connectivity index (χ1) is 8.04. The van der Waals surface area contributed by atoms with Gasteiger partial charge in [0.15, 0.2) is 5.82 Å². The number of aryl methyl sites for hydroxylation is 1. The largest absolute Gasteiger partial charge is 0.374 e. The van der Waals surface area contributed by atoms with E-state index in [-0.39, 0.29) is 6.10 Å². The monoisotopic (exact) mass is 237 g/mol. The van der Waals surface area contributed by atoms with Gasteiger partial charge in [-0.15, -0.1) is 0 Å². The average molecular weight is 237 g/mol. The van der Waals surface area contributed by atoms with Crippen LogP contribution in [0, 0.1) is 12.8 Å². The minimum atomic E-state index is -0.0497. The van der Waals surface area contributed by atoms with Crippen LogP contribution in [0.15, 0.2) is 6.20 Å². The number of hydrogen-bond donors (Lipinski definition) is 1. The number of nitrogens with one attached hydrogen (secondary N) is 1. The Morgan fingerprint density at radius 2 is 2.06 bits per heavy atom. The van der Waals surface area contributed by atoms with Crippen LogP contribution in [0.25, 0.3) is 0 Å². The van der Waals surface area contributed by atoms with Gasteiger partial charge in [0.25, 0.3) is 0 Å². The maximum atomic E-state index is 5.20. The first-order valence-corrected chi connectivity index (χ1v) is 6.10. The second kappa shape index (κ2) is 6.67. The van der Waals surface area contributed by atoms with Crippen molar-refractivity contribution in [3.05, 3.63) is 23.3 Å². The zero-order valence-corrected chi connectivity index (χ0v) is 11.4. The first-order valence-electron chi connectivity index (χ1n) is 6.10. The second-order valence-corrected chi connectivity index (χ2v) is 4.74. The summed E-state index contributed by atoms with van der Waals surface area (Å²) in [6.07, 6.45) is 1.84. The van der Waals surface area contributed by atoms with Crippen molar-refractivity contribution in [2.45, 2.75) is 40.3 Å². The fourth-order valence-corrected chi connectivity index (χ4v) is 1.48. The third kappa shape index (κ3) is 4.40. The van der Waals surface area contributed by atoms with Gasteiger partial charge in [0, 0.05) is 31.1 Å². The second-order valence-electron chi connectivity index (χ2n) is 4.74. The molecule has 0 saturated heterocycles. The molecule has 0 fully saturated rings. The van der Waals surface area contributed by atoms with Gasteiger partial charge in [-0.2, -0.15) is 0 Å². The Morgan fingerprint density at radius 3 is 2.59 bits per heavy atom. The van der Waals surface area contributed by atoms with Crippen molar-refractivity contribution in [2.75, 3.05) is 13.7 Å². The molecule has 1 rings (SSSR count). The molecule has 0 bridgehead atoms. The summed E-state index contributed by atoms with van der Waals surface area (Å²) in [6.45, 7) is 10.2.